The molecular weight excluding hydrogens is 554 g/mol. The summed E-state index contributed by atoms with van der Waals surface area (Å²) in [5.41, 5.74) is 1.79. The number of hydrogen-bond donors (Lipinski definition) is 0. The molecule has 3 rings (SSSR count). The minimum absolute atomic E-state index is 0.0693. The van der Waals surface area contributed by atoms with Gasteiger partial charge in [-0.15, -0.1) is 0 Å². The highest BCUT2D eigenvalue weighted by Gasteiger charge is 2.19. The largest absolute Gasteiger partial charge is 0.493 e. The fourth-order valence-electron chi connectivity index (χ4n) is 4.81. The Labute approximate surface area is 262 Å². The highest BCUT2D eigenvalue weighted by molar-refractivity contribution is 5.91. The first-order valence-electron chi connectivity index (χ1n) is 16.1. The van der Waals surface area contributed by atoms with Gasteiger partial charge in [-0.1, -0.05) is 82.7 Å². The molecule has 1 atom stereocenters. The summed E-state index contributed by atoms with van der Waals surface area (Å²) in [5.74, 6) is 0.881. The molecule has 7 heteroatoms. The van der Waals surface area contributed by atoms with Crippen LogP contribution in [-0.2, 0) is 0 Å². The molecule has 0 saturated heterocycles. The van der Waals surface area contributed by atoms with E-state index in [0.717, 1.165) is 44.1 Å². The molecule has 0 aliphatic carbocycles. The van der Waals surface area contributed by atoms with E-state index in [9.17, 15) is 14.9 Å². The van der Waals surface area contributed by atoms with Gasteiger partial charge in [0.1, 0.15) is 11.5 Å². The highest BCUT2D eigenvalue weighted by atomic mass is 16.6. The van der Waals surface area contributed by atoms with E-state index in [4.69, 9.17) is 14.2 Å². The quantitative estimate of drug-likeness (QED) is 0.0320. The Hall–Kier alpha value is -4.13. The second-order valence-corrected chi connectivity index (χ2v) is 11.1. The summed E-state index contributed by atoms with van der Waals surface area (Å²) in [5, 5.41) is 11.8. The molecule has 44 heavy (non-hydrogen) atoms. The molecule has 0 N–H and O–H groups in total. The monoisotopic (exact) mass is 601 g/mol. The van der Waals surface area contributed by atoms with E-state index >= 15 is 0 Å². The molecule has 236 valence electrons. The van der Waals surface area contributed by atoms with E-state index in [1.807, 2.05) is 13.0 Å². The molecule has 0 radical (unpaired) electrons. The molecule has 0 heterocycles. The van der Waals surface area contributed by atoms with Crippen LogP contribution < -0.4 is 14.2 Å². The first-order valence-corrected chi connectivity index (χ1v) is 16.1. The number of benzene rings is 3. The Kier molecular flexibility index (Phi) is 15.0. The van der Waals surface area contributed by atoms with Gasteiger partial charge in [0, 0.05) is 6.07 Å². The summed E-state index contributed by atoms with van der Waals surface area (Å²) in [6, 6.07) is 18.8. The van der Waals surface area contributed by atoms with Crippen molar-refractivity contribution >= 4 is 11.7 Å². The van der Waals surface area contributed by atoms with Crippen LogP contribution >= 0.6 is 0 Å². The van der Waals surface area contributed by atoms with Crippen molar-refractivity contribution in [2.75, 3.05) is 6.61 Å². The van der Waals surface area contributed by atoms with Gasteiger partial charge in [0.05, 0.1) is 23.2 Å². The van der Waals surface area contributed by atoms with E-state index in [2.05, 4.69) is 26.0 Å². The third-order valence-corrected chi connectivity index (χ3v) is 7.38. The summed E-state index contributed by atoms with van der Waals surface area (Å²) in [4.78, 5) is 24.1. The van der Waals surface area contributed by atoms with Gasteiger partial charge in [-0.05, 0) is 92.6 Å². The predicted molar refractivity (Wildman–Crippen MR) is 177 cm³/mol. The van der Waals surface area contributed by atoms with Crippen LogP contribution in [-0.4, -0.2) is 23.6 Å². The smallest absolute Gasteiger partial charge is 0.343 e. The zero-order valence-electron chi connectivity index (χ0n) is 26.5. The summed E-state index contributed by atoms with van der Waals surface area (Å²) in [7, 11) is 0. The number of nitrogens with zero attached hydrogens (tertiary/aromatic N) is 1. The Morgan fingerprint density at radius 1 is 0.795 bits per heavy atom. The number of allylic oxidation sites excluding steroid dienone is 1. The summed E-state index contributed by atoms with van der Waals surface area (Å²) in [6.07, 6.45) is 16.7. The summed E-state index contributed by atoms with van der Waals surface area (Å²) < 4.78 is 17.3. The van der Waals surface area contributed by atoms with Gasteiger partial charge >= 0.3 is 11.7 Å². The van der Waals surface area contributed by atoms with Gasteiger partial charge in [0.2, 0.25) is 0 Å². The van der Waals surface area contributed by atoms with Crippen LogP contribution in [0.5, 0.6) is 17.2 Å². The van der Waals surface area contributed by atoms with E-state index in [-0.39, 0.29) is 17.5 Å². The van der Waals surface area contributed by atoms with Gasteiger partial charge in [-0.2, -0.15) is 0 Å². The maximum absolute atomic E-state index is 12.7. The Morgan fingerprint density at radius 3 is 2.11 bits per heavy atom. The molecule has 0 aromatic heterocycles. The second-order valence-electron chi connectivity index (χ2n) is 11.1. The number of esters is 1. The minimum atomic E-state index is -0.476. The molecule has 3 aromatic rings. The van der Waals surface area contributed by atoms with Crippen LogP contribution in [0.15, 0.2) is 78.9 Å². The standard InChI is InChI=1S/C37H47NO6/c1-4-6-8-10-11-12-13-15-27-42-33-22-19-31(20-23-33)37(39)44-34-24-17-30(18-25-34)32-21-26-36(35(28-32)38(40)41)43-29(3)16-14-9-7-5-2/h12-13,17-26,28-29H,4-11,14-16,27H2,1-3H3/b13-12+/t29-/m0/s1. The van der Waals surface area contributed by atoms with Crippen molar-refractivity contribution in [3.63, 3.8) is 0 Å². The normalized spacial score (nSPS) is 11.8. The van der Waals surface area contributed by atoms with E-state index in [1.54, 1.807) is 54.6 Å². The average molecular weight is 602 g/mol. The van der Waals surface area contributed by atoms with E-state index in [1.165, 1.54) is 38.2 Å². The molecule has 7 nitrogen and oxygen atoms in total. The van der Waals surface area contributed by atoms with Crippen LogP contribution in [0.3, 0.4) is 0 Å². The molecule has 0 spiro atoms. The Bertz CT molecular complexity index is 1320. The van der Waals surface area contributed by atoms with Crippen molar-refractivity contribution in [3.8, 4) is 28.4 Å². The first kappa shape index (κ1) is 34.4. The van der Waals surface area contributed by atoms with Crippen LogP contribution in [0.25, 0.3) is 11.1 Å². The van der Waals surface area contributed by atoms with Crippen molar-refractivity contribution in [2.24, 2.45) is 0 Å². The molecule has 0 fully saturated rings. The van der Waals surface area contributed by atoms with Gasteiger partial charge in [-0.3, -0.25) is 10.1 Å². The Balaban J connectivity index is 1.51. The lowest BCUT2D eigenvalue weighted by molar-refractivity contribution is -0.386. The van der Waals surface area contributed by atoms with E-state index < -0.39 is 10.9 Å². The van der Waals surface area contributed by atoms with Gasteiger partial charge in [-0.25, -0.2) is 4.79 Å². The molecular formula is C37H47NO6. The number of nitro groups is 1. The zero-order valence-corrected chi connectivity index (χ0v) is 26.5. The van der Waals surface area contributed by atoms with Crippen LogP contribution in [0.1, 0.15) is 102 Å². The molecule has 0 bridgehead atoms. The second kappa shape index (κ2) is 19.2. The summed E-state index contributed by atoms with van der Waals surface area (Å²) >= 11 is 0. The van der Waals surface area contributed by atoms with Gasteiger partial charge in [0.15, 0.2) is 5.75 Å². The molecule has 0 amide bonds. The first-order chi connectivity index (χ1) is 21.4. The molecule has 0 aliphatic rings. The van der Waals surface area contributed by atoms with Crippen molar-refractivity contribution < 1.29 is 23.9 Å². The number of carbonyl (C=O) groups excluding carboxylic acids is 1. The number of unbranched alkanes of at least 4 members (excludes halogenated alkanes) is 7. The topological polar surface area (TPSA) is 87.9 Å². The third kappa shape index (κ3) is 11.9. The maximum Gasteiger partial charge on any atom is 0.343 e. The third-order valence-electron chi connectivity index (χ3n) is 7.38. The SMILES string of the molecule is CCCCCC/C=C/CCOc1ccc(C(=O)Oc2ccc(-c3ccc(O[C@@H](C)CCCCCC)c([N+](=O)[O-])c3)cc2)cc1. The molecule has 3 aromatic carbocycles. The zero-order chi connectivity index (χ0) is 31.6. The average Bonchev–Trinajstić information content (AvgIpc) is 3.03. The lowest BCUT2D eigenvalue weighted by Gasteiger charge is -2.15. The fraction of sp³-hybridized carbons (Fsp3) is 0.432. The van der Waals surface area contributed by atoms with Crippen molar-refractivity contribution in [2.45, 2.75) is 97.5 Å². The van der Waals surface area contributed by atoms with Crippen LogP contribution in [0.4, 0.5) is 5.69 Å². The van der Waals surface area contributed by atoms with Crippen molar-refractivity contribution in [1.82, 2.24) is 0 Å². The summed E-state index contributed by atoms with van der Waals surface area (Å²) in [6.45, 7) is 6.91. The maximum atomic E-state index is 12.7. The van der Waals surface area contributed by atoms with Crippen LogP contribution in [0.2, 0.25) is 0 Å². The number of nitro benzene ring substituents is 1. The fourth-order valence-corrected chi connectivity index (χ4v) is 4.81. The van der Waals surface area contributed by atoms with Crippen molar-refractivity contribution in [1.29, 1.82) is 0 Å². The van der Waals surface area contributed by atoms with Crippen LogP contribution in [0, 0.1) is 10.1 Å². The van der Waals surface area contributed by atoms with E-state index in [0.29, 0.717) is 29.2 Å². The minimum Gasteiger partial charge on any atom is -0.493 e. The lowest BCUT2D eigenvalue weighted by Crippen LogP contribution is -2.12. The highest BCUT2D eigenvalue weighted by Crippen LogP contribution is 2.34. The molecule has 0 saturated carbocycles. The van der Waals surface area contributed by atoms with Gasteiger partial charge in [0.25, 0.3) is 0 Å². The molecule has 0 unspecified atom stereocenters. The number of rotatable bonds is 20. The number of hydrogen-bond acceptors (Lipinski definition) is 6. The molecule has 0 aliphatic heterocycles. The van der Waals surface area contributed by atoms with Gasteiger partial charge < -0.3 is 14.2 Å². The van der Waals surface area contributed by atoms with Crippen molar-refractivity contribution in [3.05, 3.63) is 94.6 Å². The Morgan fingerprint density at radius 2 is 1.43 bits per heavy atom. The number of carbonyl (C=O) groups is 1. The lowest BCUT2D eigenvalue weighted by atomic mass is 10.0. The predicted octanol–water partition coefficient (Wildman–Crippen LogP) is 10.5. The number of ether oxygens (including phenoxy) is 3.